The van der Waals surface area contributed by atoms with Gasteiger partial charge >= 0.3 is 0 Å². The largest absolute Gasteiger partial charge is 0.494 e. The lowest BCUT2D eigenvalue weighted by Crippen LogP contribution is -2.49. The number of benzene rings is 1. The number of para-hydroxylation sites is 1. The molecule has 39 heavy (non-hydrogen) atoms. The number of ether oxygens (including phenoxy) is 2. The van der Waals surface area contributed by atoms with Crippen LogP contribution in [0.3, 0.4) is 0 Å². The fourth-order valence-electron chi connectivity index (χ4n) is 4.51. The monoisotopic (exact) mass is 575 g/mol. The maximum Gasteiger partial charge on any atom is 0.225 e. The summed E-state index contributed by atoms with van der Waals surface area (Å²) in [6.45, 7) is 2.00. The number of sulfone groups is 1. The Hall–Kier alpha value is -3.69. The quantitative estimate of drug-likeness (QED) is 0.330. The first kappa shape index (κ1) is 26.9. The number of methoxy groups -OCH3 is 2. The average molecular weight is 576 g/mol. The fourth-order valence-corrected chi connectivity index (χ4v) is 6.98. The van der Waals surface area contributed by atoms with Gasteiger partial charge in [-0.15, -0.1) is 21.5 Å². The van der Waals surface area contributed by atoms with E-state index in [0.717, 1.165) is 18.1 Å². The van der Waals surface area contributed by atoms with Crippen molar-refractivity contribution >= 4 is 27.1 Å². The van der Waals surface area contributed by atoms with Gasteiger partial charge in [-0.1, -0.05) is 6.07 Å². The van der Waals surface area contributed by atoms with E-state index in [1.165, 1.54) is 30.5 Å². The van der Waals surface area contributed by atoms with Crippen molar-refractivity contribution in [2.75, 3.05) is 32.2 Å². The highest BCUT2D eigenvalue weighted by Crippen LogP contribution is 2.37. The molecule has 15 heteroatoms. The number of thiazole rings is 1. The number of aliphatic hydroxyl groups excluding tert-OH is 1. The van der Waals surface area contributed by atoms with Crippen LogP contribution < -0.4 is 14.4 Å². The third-order valence-electron chi connectivity index (χ3n) is 6.28. The Kier molecular flexibility index (Phi) is 7.46. The van der Waals surface area contributed by atoms with Gasteiger partial charge in [-0.05, 0) is 25.5 Å². The molecule has 2 atom stereocenters. The molecule has 0 spiro atoms. The zero-order valence-electron chi connectivity index (χ0n) is 21.4. The molecule has 4 aromatic rings. The van der Waals surface area contributed by atoms with Crippen molar-refractivity contribution in [2.45, 2.75) is 30.5 Å². The number of piperidine rings is 1. The molecule has 1 N–H and O–H groups in total. The standard InChI is InChI=1S/C24H26FN7O5S2/c1-14-12-38-23(28-14)22-30-29-20(32(22)21-18(36-2)5-4-6-19(21)37-3)13-39(34,35)17-7-16(33)10-31(11-17)24-26-8-15(25)9-27-24/h4-6,8-9,12,16-17,33H,7,10-11,13H2,1-3H3/t16-,17+/m0/s1. The highest BCUT2D eigenvalue weighted by molar-refractivity contribution is 7.91. The van der Waals surface area contributed by atoms with E-state index in [2.05, 4.69) is 25.1 Å². The number of aromatic nitrogens is 6. The number of β-amino-alcohol motifs (C(OH)–C–C–N with tert-alkyl or cyclic N) is 1. The molecule has 1 aliphatic heterocycles. The van der Waals surface area contributed by atoms with Gasteiger partial charge in [0.1, 0.15) is 22.9 Å². The molecule has 4 heterocycles. The molecule has 0 aliphatic carbocycles. The van der Waals surface area contributed by atoms with E-state index in [1.807, 2.05) is 12.3 Å². The van der Waals surface area contributed by atoms with E-state index < -0.39 is 32.8 Å². The molecule has 0 bridgehead atoms. The Labute approximate surface area is 228 Å². The highest BCUT2D eigenvalue weighted by atomic mass is 32.2. The molecule has 0 saturated carbocycles. The molecule has 1 saturated heterocycles. The van der Waals surface area contributed by atoms with E-state index in [4.69, 9.17) is 9.47 Å². The number of hydrogen-bond donors (Lipinski definition) is 1. The van der Waals surface area contributed by atoms with Crippen molar-refractivity contribution in [1.29, 1.82) is 0 Å². The van der Waals surface area contributed by atoms with Gasteiger partial charge in [0.05, 0.1) is 38.0 Å². The molecule has 3 aromatic heterocycles. The minimum atomic E-state index is -3.90. The maximum atomic E-state index is 13.8. The second-order valence-electron chi connectivity index (χ2n) is 9.01. The van der Waals surface area contributed by atoms with E-state index in [0.29, 0.717) is 28.0 Å². The normalized spacial score (nSPS) is 17.8. The number of nitrogens with zero attached hydrogens (tertiary/aromatic N) is 7. The van der Waals surface area contributed by atoms with Crippen molar-refractivity contribution in [3.05, 3.63) is 53.3 Å². The predicted molar refractivity (Wildman–Crippen MR) is 142 cm³/mol. The molecule has 1 fully saturated rings. The summed E-state index contributed by atoms with van der Waals surface area (Å²) in [4.78, 5) is 13.9. The third-order valence-corrected chi connectivity index (χ3v) is 9.26. The summed E-state index contributed by atoms with van der Waals surface area (Å²) in [6.07, 6.45) is 1.06. The average Bonchev–Trinajstić information content (AvgIpc) is 3.53. The van der Waals surface area contributed by atoms with Crippen LogP contribution in [0.5, 0.6) is 11.5 Å². The maximum absolute atomic E-state index is 13.8. The van der Waals surface area contributed by atoms with Gasteiger partial charge < -0.3 is 19.5 Å². The number of aryl methyl sites for hydroxylation is 1. The van der Waals surface area contributed by atoms with Crippen LogP contribution in [-0.2, 0) is 15.6 Å². The lowest BCUT2D eigenvalue weighted by atomic mass is 10.1. The van der Waals surface area contributed by atoms with Crippen molar-refractivity contribution in [3.63, 3.8) is 0 Å². The van der Waals surface area contributed by atoms with Gasteiger partial charge in [-0.2, -0.15) is 0 Å². The fraction of sp³-hybridized carbons (Fsp3) is 0.375. The predicted octanol–water partition coefficient (Wildman–Crippen LogP) is 2.20. The van der Waals surface area contributed by atoms with E-state index in [9.17, 15) is 17.9 Å². The Bertz CT molecular complexity index is 1550. The van der Waals surface area contributed by atoms with E-state index in [1.54, 1.807) is 22.8 Å². The van der Waals surface area contributed by atoms with Crippen molar-refractivity contribution < 1.29 is 27.4 Å². The molecule has 0 unspecified atom stereocenters. The first-order chi connectivity index (χ1) is 18.7. The molecule has 0 radical (unpaired) electrons. The first-order valence-corrected chi connectivity index (χ1v) is 14.5. The van der Waals surface area contributed by atoms with Gasteiger partial charge in [0.15, 0.2) is 32.3 Å². The summed E-state index contributed by atoms with van der Waals surface area (Å²) in [7, 11) is -0.901. The lowest BCUT2D eigenvalue weighted by Gasteiger charge is -2.35. The summed E-state index contributed by atoms with van der Waals surface area (Å²) in [5.74, 6) is 0.360. The van der Waals surface area contributed by atoms with Gasteiger partial charge in [-0.25, -0.2) is 27.8 Å². The third kappa shape index (κ3) is 5.42. The Morgan fingerprint density at radius 2 is 1.82 bits per heavy atom. The molecular formula is C24H26FN7O5S2. The van der Waals surface area contributed by atoms with Crippen molar-refractivity contribution in [2.24, 2.45) is 0 Å². The molecule has 1 aliphatic rings. The van der Waals surface area contributed by atoms with Crippen LogP contribution in [0.2, 0.25) is 0 Å². The second kappa shape index (κ2) is 10.8. The Balaban J connectivity index is 1.55. The van der Waals surface area contributed by atoms with Crippen LogP contribution in [0.25, 0.3) is 16.5 Å². The SMILES string of the molecule is COc1cccc(OC)c1-n1c(CS(=O)(=O)[C@@H]2C[C@H](O)CN(c3ncc(F)cn3)C2)nnc1-c1nc(C)cs1. The lowest BCUT2D eigenvalue weighted by molar-refractivity contribution is 0.154. The smallest absolute Gasteiger partial charge is 0.225 e. The molecular weight excluding hydrogens is 549 g/mol. The number of halogens is 1. The minimum Gasteiger partial charge on any atom is -0.494 e. The molecule has 12 nitrogen and oxygen atoms in total. The number of anilines is 1. The molecule has 206 valence electrons. The van der Waals surface area contributed by atoms with Crippen LogP contribution in [-0.4, -0.2) is 81.9 Å². The highest BCUT2D eigenvalue weighted by Gasteiger charge is 2.37. The Morgan fingerprint density at radius 1 is 1.13 bits per heavy atom. The second-order valence-corrected chi connectivity index (χ2v) is 12.1. The van der Waals surface area contributed by atoms with Crippen LogP contribution in [0.15, 0.2) is 36.0 Å². The van der Waals surface area contributed by atoms with Crippen LogP contribution >= 0.6 is 11.3 Å². The summed E-state index contributed by atoms with van der Waals surface area (Å²) in [5, 5.41) is 20.5. The number of aliphatic hydroxyl groups is 1. The zero-order chi connectivity index (χ0) is 27.7. The van der Waals surface area contributed by atoms with Crippen LogP contribution in [0, 0.1) is 12.7 Å². The first-order valence-electron chi connectivity index (χ1n) is 11.9. The van der Waals surface area contributed by atoms with Gasteiger partial charge in [0.25, 0.3) is 0 Å². The number of rotatable bonds is 8. The summed E-state index contributed by atoms with van der Waals surface area (Å²) in [6, 6.07) is 5.21. The molecule has 1 aromatic carbocycles. The van der Waals surface area contributed by atoms with Gasteiger partial charge in [-0.3, -0.25) is 4.57 Å². The zero-order valence-corrected chi connectivity index (χ0v) is 23.0. The van der Waals surface area contributed by atoms with Crippen LogP contribution in [0.1, 0.15) is 17.9 Å². The molecule has 5 rings (SSSR count). The molecule has 0 amide bonds. The number of hydrogen-bond acceptors (Lipinski definition) is 12. The summed E-state index contributed by atoms with van der Waals surface area (Å²) < 4.78 is 53.7. The van der Waals surface area contributed by atoms with Crippen LogP contribution in [0.4, 0.5) is 10.3 Å². The van der Waals surface area contributed by atoms with Gasteiger partial charge in [0, 0.05) is 24.2 Å². The summed E-state index contributed by atoms with van der Waals surface area (Å²) in [5.41, 5.74) is 1.22. The minimum absolute atomic E-state index is 0.0185. The summed E-state index contributed by atoms with van der Waals surface area (Å²) >= 11 is 1.35. The Morgan fingerprint density at radius 3 is 2.44 bits per heavy atom. The van der Waals surface area contributed by atoms with E-state index >= 15 is 0 Å². The van der Waals surface area contributed by atoms with Gasteiger partial charge in [0.2, 0.25) is 5.95 Å². The topological polar surface area (TPSA) is 145 Å². The van der Waals surface area contributed by atoms with E-state index in [-0.39, 0.29) is 31.3 Å². The van der Waals surface area contributed by atoms with Crippen molar-refractivity contribution in [3.8, 4) is 28.0 Å². The van der Waals surface area contributed by atoms with Crippen molar-refractivity contribution in [1.82, 2.24) is 29.7 Å².